The second kappa shape index (κ2) is 7.11. The van der Waals surface area contributed by atoms with Gasteiger partial charge in [0.25, 0.3) is 0 Å². The van der Waals surface area contributed by atoms with Gasteiger partial charge in [-0.05, 0) is 40.5 Å². The number of hydrogen-bond acceptors (Lipinski definition) is 4. The van der Waals surface area contributed by atoms with Crippen LogP contribution in [0.5, 0.6) is 0 Å². The van der Waals surface area contributed by atoms with Gasteiger partial charge < -0.3 is 9.47 Å². The molecule has 1 fully saturated rings. The number of ether oxygens (including phenoxy) is 2. The molecule has 162 valence electrons. The van der Waals surface area contributed by atoms with Crippen LogP contribution in [0.1, 0.15) is 65.5 Å². The molecule has 0 aromatic heterocycles. The van der Waals surface area contributed by atoms with Gasteiger partial charge in [0, 0.05) is 10.8 Å². The second-order valence-corrected chi connectivity index (χ2v) is 10.6. The molecular weight excluding hydrogens is 376 g/mol. The van der Waals surface area contributed by atoms with Crippen LogP contribution in [0.4, 0.5) is 0 Å². The van der Waals surface area contributed by atoms with Crippen LogP contribution in [0.2, 0.25) is 0 Å². The van der Waals surface area contributed by atoms with Crippen LogP contribution in [0.3, 0.4) is 0 Å². The van der Waals surface area contributed by atoms with E-state index in [-0.39, 0.29) is 17.3 Å². The largest absolute Gasteiger partial charge is 0.468 e. The summed E-state index contributed by atoms with van der Waals surface area (Å²) in [7, 11) is 2.68. The predicted octanol–water partition coefficient (Wildman–Crippen LogP) is 5.26. The van der Waals surface area contributed by atoms with Gasteiger partial charge >= 0.3 is 11.9 Å². The summed E-state index contributed by atoms with van der Waals surface area (Å²) in [5.41, 5.74) is 2.44. The molecule has 2 aliphatic carbocycles. The van der Waals surface area contributed by atoms with Gasteiger partial charge in [0.05, 0.1) is 14.2 Å². The summed E-state index contributed by atoms with van der Waals surface area (Å²) in [6.45, 7) is 13.0. The van der Waals surface area contributed by atoms with Crippen LogP contribution in [0.25, 0.3) is 0 Å². The van der Waals surface area contributed by atoms with Gasteiger partial charge in [0.2, 0.25) is 0 Å². The van der Waals surface area contributed by atoms with Crippen molar-refractivity contribution in [3.63, 3.8) is 0 Å². The van der Waals surface area contributed by atoms with Gasteiger partial charge in [0.15, 0.2) is 5.41 Å². The lowest BCUT2D eigenvalue weighted by atomic mass is 9.51. The highest BCUT2D eigenvalue weighted by molar-refractivity contribution is 6.01. The molecule has 0 saturated heterocycles. The number of rotatable bonds is 2. The van der Waals surface area contributed by atoms with E-state index in [0.717, 1.165) is 11.1 Å². The van der Waals surface area contributed by atoms with Crippen molar-refractivity contribution in [2.45, 2.75) is 65.2 Å². The molecule has 1 unspecified atom stereocenters. The Morgan fingerprint density at radius 1 is 0.967 bits per heavy atom. The average molecular weight is 411 g/mol. The van der Waals surface area contributed by atoms with Crippen LogP contribution in [-0.2, 0) is 29.9 Å². The van der Waals surface area contributed by atoms with E-state index in [9.17, 15) is 9.59 Å². The summed E-state index contributed by atoms with van der Waals surface area (Å²) < 4.78 is 10.3. The molecule has 2 aliphatic rings. The quantitative estimate of drug-likeness (QED) is 0.493. The lowest BCUT2D eigenvalue weighted by Gasteiger charge is -2.51. The molecular formula is C26H34O4. The van der Waals surface area contributed by atoms with Crippen LogP contribution >= 0.6 is 0 Å². The first-order chi connectivity index (χ1) is 13.8. The third-order valence-corrected chi connectivity index (χ3v) is 6.57. The maximum absolute atomic E-state index is 13.1. The first-order valence-electron chi connectivity index (χ1n) is 10.5. The molecule has 0 radical (unpaired) electrons. The zero-order chi connectivity index (χ0) is 22.5. The highest BCUT2D eigenvalue weighted by Crippen LogP contribution is 2.59. The Kier molecular flexibility index (Phi) is 5.29. The number of methoxy groups -OCH3 is 2. The minimum absolute atomic E-state index is 0.118. The summed E-state index contributed by atoms with van der Waals surface area (Å²) in [4.78, 5) is 26.2. The van der Waals surface area contributed by atoms with E-state index in [1.165, 1.54) is 25.4 Å². The van der Waals surface area contributed by atoms with E-state index in [1.807, 2.05) is 12.1 Å². The molecule has 0 spiro atoms. The van der Waals surface area contributed by atoms with Crippen molar-refractivity contribution in [2.75, 3.05) is 14.2 Å². The SMILES string of the molecule is COC(=O)C1(C(=O)OC)C/C(=C/C(C)(C)C)C2=CC(C)(C)c3ccccc3C2(C)C1. The number of esters is 2. The molecule has 1 atom stereocenters. The third kappa shape index (κ3) is 3.40. The first-order valence-corrected chi connectivity index (χ1v) is 10.5. The van der Waals surface area contributed by atoms with Crippen molar-refractivity contribution < 1.29 is 19.1 Å². The number of carbonyl (C=O) groups is 2. The molecule has 0 bridgehead atoms. The van der Waals surface area contributed by atoms with Crippen LogP contribution in [0.15, 0.2) is 47.6 Å². The van der Waals surface area contributed by atoms with Gasteiger partial charge in [-0.1, -0.05) is 78.0 Å². The summed E-state index contributed by atoms with van der Waals surface area (Å²) in [6, 6.07) is 8.35. The Morgan fingerprint density at radius 2 is 1.50 bits per heavy atom. The van der Waals surface area contributed by atoms with E-state index < -0.39 is 22.8 Å². The van der Waals surface area contributed by atoms with Gasteiger partial charge in [-0.2, -0.15) is 0 Å². The first kappa shape index (κ1) is 22.3. The van der Waals surface area contributed by atoms with Crippen molar-refractivity contribution >= 4 is 11.9 Å². The topological polar surface area (TPSA) is 52.6 Å². The maximum atomic E-state index is 13.1. The van der Waals surface area contributed by atoms with Gasteiger partial charge in [-0.3, -0.25) is 9.59 Å². The summed E-state index contributed by atoms with van der Waals surface area (Å²) in [6.07, 6.45) is 5.12. The van der Waals surface area contributed by atoms with Crippen LogP contribution in [0, 0.1) is 10.8 Å². The Bertz CT molecular complexity index is 926. The Hall–Kier alpha value is -2.36. The third-order valence-electron chi connectivity index (χ3n) is 6.57. The lowest BCUT2D eigenvalue weighted by molar-refractivity contribution is -0.171. The number of hydrogen-bond donors (Lipinski definition) is 0. The average Bonchev–Trinajstić information content (AvgIpc) is 2.67. The molecule has 0 N–H and O–H groups in total. The van der Waals surface area contributed by atoms with Crippen LogP contribution < -0.4 is 0 Å². The monoisotopic (exact) mass is 410 g/mol. The maximum Gasteiger partial charge on any atom is 0.323 e. The van der Waals surface area contributed by atoms with Crippen molar-refractivity contribution in [1.29, 1.82) is 0 Å². The van der Waals surface area contributed by atoms with E-state index >= 15 is 0 Å². The molecule has 4 nitrogen and oxygen atoms in total. The molecule has 4 heteroatoms. The fraction of sp³-hybridized carbons (Fsp3) is 0.538. The van der Waals surface area contributed by atoms with Crippen molar-refractivity contribution in [1.82, 2.24) is 0 Å². The highest BCUT2D eigenvalue weighted by atomic mass is 16.5. The van der Waals surface area contributed by atoms with E-state index in [0.29, 0.717) is 6.42 Å². The minimum atomic E-state index is -1.37. The van der Waals surface area contributed by atoms with E-state index in [1.54, 1.807) is 0 Å². The molecule has 1 saturated carbocycles. The van der Waals surface area contributed by atoms with Gasteiger partial charge in [0.1, 0.15) is 0 Å². The Balaban J connectivity index is 2.37. The van der Waals surface area contributed by atoms with Gasteiger partial charge in [-0.15, -0.1) is 0 Å². The Labute approximate surface area is 180 Å². The fourth-order valence-electron chi connectivity index (χ4n) is 5.41. The van der Waals surface area contributed by atoms with E-state index in [2.05, 4.69) is 65.8 Å². The zero-order valence-electron chi connectivity index (χ0n) is 19.5. The van der Waals surface area contributed by atoms with Crippen molar-refractivity contribution in [2.24, 2.45) is 10.8 Å². The molecule has 1 aromatic rings. The number of benzene rings is 1. The lowest BCUT2D eigenvalue weighted by Crippen LogP contribution is -2.52. The number of fused-ring (bicyclic) bond motifs is 3. The van der Waals surface area contributed by atoms with Gasteiger partial charge in [-0.25, -0.2) is 0 Å². The molecule has 0 heterocycles. The van der Waals surface area contributed by atoms with Crippen LogP contribution in [-0.4, -0.2) is 26.2 Å². The number of allylic oxidation sites excluding steroid dienone is 4. The summed E-state index contributed by atoms with van der Waals surface area (Å²) >= 11 is 0. The second-order valence-electron chi connectivity index (χ2n) is 10.6. The van der Waals surface area contributed by atoms with E-state index in [4.69, 9.17) is 9.47 Å². The smallest absolute Gasteiger partial charge is 0.323 e. The molecule has 0 aliphatic heterocycles. The molecule has 0 amide bonds. The summed E-state index contributed by atoms with van der Waals surface area (Å²) in [5, 5.41) is 0. The predicted molar refractivity (Wildman–Crippen MR) is 118 cm³/mol. The van der Waals surface area contributed by atoms with Crippen molar-refractivity contribution in [3.8, 4) is 0 Å². The fourth-order valence-corrected chi connectivity index (χ4v) is 5.41. The minimum Gasteiger partial charge on any atom is -0.468 e. The van der Waals surface area contributed by atoms with Crippen molar-refractivity contribution in [3.05, 3.63) is 58.7 Å². The normalized spacial score (nSPS) is 25.6. The highest BCUT2D eigenvalue weighted by Gasteiger charge is 2.59. The number of carbonyl (C=O) groups excluding carboxylic acids is 2. The standard InChI is InChI=1S/C26H34O4/c1-23(2,3)13-17-14-26(21(27)29-7,22(28)30-8)16-25(6)19-12-10-9-11-18(19)24(4,5)15-20(17)25/h9-13,15H,14,16H2,1-8H3/b17-13-. The summed E-state index contributed by atoms with van der Waals surface area (Å²) in [5.74, 6) is -1.06. The molecule has 30 heavy (non-hydrogen) atoms. The molecule has 3 rings (SSSR count). The molecule has 1 aromatic carbocycles. The zero-order valence-corrected chi connectivity index (χ0v) is 19.5. The Morgan fingerprint density at radius 3 is 2.00 bits per heavy atom.